The average Bonchev–Trinajstić information content (AvgIpc) is 3.57. The molecular formula is C29H31ClF2N4O2S. The van der Waals surface area contributed by atoms with Crippen LogP contribution < -0.4 is 5.73 Å². The minimum Gasteiger partial charge on any atom is -0.462 e. The summed E-state index contributed by atoms with van der Waals surface area (Å²) >= 11 is 7.45. The van der Waals surface area contributed by atoms with E-state index in [4.69, 9.17) is 22.1 Å². The molecule has 6 nitrogen and oxygen atoms in total. The van der Waals surface area contributed by atoms with E-state index in [1.54, 1.807) is 31.3 Å². The highest BCUT2D eigenvalue weighted by Crippen LogP contribution is 2.51. The highest BCUT2D eigenvalue weighted by Gasteiger charge is 2.35. The summed E-state index contributed by atoms with van der Waals surface area (Å²) in [7, 11) is 0. The number of hydrogen-bond acceptors (Lipinski definition) is 5. The summed E-state index contributed by atoms with van der Waals surface area (Å²) in [5, 5.41) is 5.20. The van der Waals surface area contributed by atoms with Gasteiger partial charge < -0.3 is 15.0 Å². The summed E-state index contributed by atoms with van der Waals surface area (Å²) in [6, 6.07) is 7.97. The Kier molecular flexibility index (Phi) is 8.59. The first-order valence-electron chi connectivity index (χ1n) is 13.3. The van der Waals surface area contributed by atoms with E-state index in [2.05, 4.69) is 5.10 Å². The fraction of sp³-hybridized carbons (Fsp3) is 0.379. The van der Waals surface area contributed by atoms with Crippen LogP contribution in [0.15, 0.2) is 52.5 Å². The molecule has 10 heteroatoms. The zero-order valence-corrected chi connectivity index (χ0v) is 23.3. The average molecular weight is 573 g/mol. The number of esters is 1. The summed E-state index contributed by atoms with van der Waals surface area (Å²) < 4.78 is 40.0. The number of nitrogens with zero attached hydrogens (tertiary/aromatic N) is 3. The molecule has 39 heavy (non-hydrogen) atoms. The summed E-state index contributed by atoms with van der Waals surface area (Å²) in [5.74, 6) is -1.71. The van der Waals surface area contributed by atoms with Gasteiger partial charge in [-0.25, -0.2) is 13.6 Å². The maximum atomic E-state index is 15.7. The van der Waals surface area contributed by atoms with E-state index in [9.17, 15) is 4.79 Å². The van der Waals surface area contributed by atoms with Gasteiger partial charge in [0, 0.05) is 39.5 Å². The number of rotatable bonds is 12. The number of halogens is 3. The van der Waals surface area contributed by atoms with E-state index < -0.39 is 17.6 Å². The second kappa shape index (κ2) is 12.1. The molecule has 0 aliphatic heterocycles. The van der Waals surface area contributed by atoms with E-state index in [1.807, 2.05) is 15.4 Å². The lowest BCUT2D eigenvalue weighted by atomic mass is 10.2. The predicted molar refractivity (Wildman–Crippen MR) is 150 cm³/mol. The number of carbonyl (C=O) groups excluding carboxylic acids is 1. The fourth-order valence-corrected chi connectivity index (χ4v) is 6.19. The Balaban J connectivity index is 1.58. The number of unbranched alkanes of at least 4 members (excludes halogenated alkanes) is 3. The van der Waals surface area contributed by atoms with Gasteiger partial charge in [-0.2, -0.15) is 5.10 Å². The molecule has 2 aromatic heterocycles. The lowest BCUT2D eigenvalue weighted by Crippen LogP contribution is -2.07. The number of aryl methyl sites for hydroxylation is 1. The summed E-state index contributed by atoms with van der Waals surface area (Å²) in [5.41, 5.74) is 7.45. The highest BCUT2D eigenvalue weighted by molar-refractivity contribution is 7.99. The number of ether oxygens (including phenoxy) is 1. The van der Waals surface area contributed by atoms with Crippen molar-refractivity contribution in [1.82, 2.24) is 14.3 Å². The lowest BCUT2D eigenvalue weighted by Gasteiger charge is -2.11. The zero-order valence-electron chi connectivity index (χ0n) is 21.8. The van der Waals surface area contributed by atoms with Gasteiger partial charge in [-0.1, -0.05) is 42.3 Å². The number of benzene rings is 2. The number of carbonyl (C=O) groups is 1. The third-order valence-electron chi connectivity index (χ3n) is 6.86. The summed E-state index contributed by atoms with van der Waals surface area (Å²) in [6.07, 6.45) is 9.67. The first-order valence-corrected chi connectivity index (χ1v) is 14.5. The smallest absolute Gasteiger partial charge is 0.341 e. The molecule has 0 atom stereocenters. The van der Waals surface area contributed by atoms with Gasteiger partial charge in [-0.15, -0.1) is 0 Å². The van der Waals surface area contributed by atoms with Gasteiger partial charge in [0.25, 0.3) is 0 Å². The minimum absolute atomic E-state index is 0.0166. The van der Waals surface area contributed by atoms with E-state index in [0.29, 0.717) is 17.4 Å². The highest BCUT2D eigenvalue weighted by atomic mass is 35.5. The molecule has 1 saturated carbocycles. The molecule has 2 N–H and O–H groups in total. The van der Waals surface area contributed by atoms with Gasteiger partial charge in [0.2, 0.25) is 0 Å². The maximum absolute atomic E-state index is 15.7. The van der Waals surface area contributed by atoms with Crippen LogP contribution in [0.3, 0.4) is 0 Å². The molecule has 2 heterocycles. The van der Waals surface area contributed by atoms with Gasteiger partial charge in [0.15, 0.2) is 11.6 Å². The van der Waals surface area contributed by atoms with Crippen molar-refractivity contribution in [3.63, 3.8) is 0 Å². The Bertz CT molecular complexity index is 1500. The van der Waals surface area contributed by atoms with Gasteiger partial charge in [-0.3, -0.25) is 4.68 Å². The van der Waals surface area contributed by atoms with Crippen LogP contribution in [0.25, 0.3) is 16.6 Å². The fourth-order valence-electron chi connectivity index (χ4n) is 4.83. The number of aromatic nitrogens is 3. The summed E-state index contributed by atoms with van der Waals surface area (Å²) in [4.78, 5) is 13.3. The Morgan fingerprint density at radius 3 is 2.69 bits per heavy atom. The monoisotopic (exact) mass is 572 g/mol. The van der Waals surface area contributed by atoms with Crippen LogP contribution in [0.2, 0.25) is 5.02 Å². The standard InChI is InChI=1S/C29H31ClF2N4O2S/c1-2-38-29(37)20-8-7-9-23(24(20)31)39-28-21-12-13-22(30)25(32)27(21)36(26(28)18-10-11-18)19-16-34-35(17-19)15-6-4-3-5-14-33/h7-9,12-13,16-18H,2-6,10-11,14-15,33H2,1H3. The first-order chi connectivity index (χ1) is 18.9. The lowest BCUT2D eigenvalue weighted by molar-refractivity contribution is 0.0520. The van der Waals surface area contributed by atoms with Crippen LogP contribution in [0.1, 0.15) is 67.4 Å². The van der Waals surface area contributed by atoms with Crippen molar-refractivity contribution < 1.29 is 18.3 Å². The zero-order chi connectivity index (χ0) is 27.5. The third-order valence-corrected chi connectivity index (χ3v) is 8.32. The van der Waals surface area contributed by atoms with E-state index in [0.717, 1.165) is 61.3 Å². The van der Waals surface area contributed by atoms with Crippen LogP contribution in [-0.2, 0) is 11.3 Å². The molecule has 1 aliphatic rings. The molecule has 206 valence electrons. The van der Waals surface area contributed by atoms with Crippen LogP contribution >= 0.6 is 23.4 Å². The Hall–Kier alpha value is -2.88. The van der Waals surface area contributed by atoms with Crippen LogP contribution in [0.4, 0.5) is 8.78 Å². The van der Waals surface area contributed by atoms with Crippen molar-refractivity contribution in [3.05, 3.63) is 70.6 Å². The van der Waals surface area contributed by atoms with Gasteiger partial charge in [0.1, 0.15) is 0 Å². The van der Waals surface area contributed by atoms with E-state index >= 15 is 8.78 Å². The largest absolute Gasteiger partial charge is 0.462 e. The second-order valence-electron chi connectivity index (χ2n) is 9.69. The van der Waals surface area contributed by atoms with E-state index in [1.165, 1.54) is 23.9 Å². The maximum Gasteiger partial charge on any atom is 0.341 e. The van der Waals surface area contributed by atoms with E-state index in [-0.39, 0.29) is 28.0 Å². The predicted octanol–water partition coefficient (Wildman–Crippen LogP) is 7.48. The number of hydrogen-bond donors (Lipinski definition) is 1. The Morgan fingerprint density at radius 2 is 1.95 bits per heavy atom. The molecule has 1 fully saturated rings. The molecule has 4 aromatic rings. The quantitative estimate of drug-likeness (QED) is 0.141. The van der Waals surface area contributed by atoms with Gasteiger partial charge in [-0.05, 0) is 63.4 Å². The molecule has 0 saturated heterocycles. The molecule has 0 unspecified atom stereocenters. The molecule has 2 aromatic carbocycles. The number of nitrogens with two attached hydrogens (primary N) is 1. The van der Waals surface area contributed by atoms with Crippen LogP contribution in [0, 0.1) is 11.6 Å². The van der Waals surface area contributed by atoms with Crippen LogP contribution in [-0.4, -0.2) is 33.5 Å². The van der Waals surface area contributed by atoms with Crippen molar-refractivity contribution in [2.75, 3.05) is 13.2 Å². The Labute approximate surface area is 235 Å². The van der Waals surface area contributed by atoms with Crippen molar-refractivity contribution in [2.45, 2.75) is 67.7 Å². The third kappa shape index (κ3) is 5.71. The topological polar surface area (TPSA) is 75.1 Å². The summed E-state index contributed by atoms with van der Waals surface area (Å²) in [6.45, 7) is 3.27. The first kappa shape index (κ1) is 27.7. The normalized spacial score (nSPS) is 13.4. The molecule has 0 spiro atoms. The van der Waals surface area contributed by atoms with Crippen molar-refractivity contribution >= 4 is 40.2 Å². The number of fused-ring (bicyclic) bond motifs is 1. The molecule has 0 radical (unpaired) electrons. The van der Waals surface area contributed by atoms with Crippen LogP contribution in [0.5, 0.6) is 0 Å². The second-order valence-corrected chi connectivity index (χ2v) is 11.1. The molecule has 5 rings (SSSR count). The SMILES string of the molecule is CCOC(=O)c1cccc(Sc2c(C3CC3)n(-c3cnn(CCCCCCN)c3)c3c(F)c(Cl)ccc23)c1F. The Morgan fingerprint density at radius 1 is 1.15 bits per heavy atom. The van der Waals surface area contributed by atoms with Crippen molar-refractivity contribution in [1.29, 1.82) is 0 Å². The molecule has 1 aliphatic carbocycles. The van der Waals surface area contributed by atoms with Gasteiger partial charge in [0.05, 0.1) is 34.6 Å². The van der Waals surface area contributed by atoms with Crippen molar-refractivity contribution in [3.8, 4) is 5.69 Å². The molecule has 0 bridgehead atoms. The minimum atomic E-state index is -0.712. The van der Waals surface area contributed by atoms with Gasteiger partial charge >= 0.3 is 5.97 Å². The van der Waals surface area contributed by atoms with Crippen molar-refractivity contribution in [2.24, 2.45) is 5.73 Å². The molecule has 0 amide bonds. The molecular weight excluding hydrogens is 542 g/mol.